The lowest BCUT2D eigenvalue weighted by Crippen LogP contribution is -2.22. The molecule has 0 unspecified atom stereocenters. The molecule has 2 aromatic heterocycles. The summed E-state index contributed by atoms with van der Waals surface area (Å²) in [6.45, 7) is 2.09. The maximum Gasteiger partial charge on any atom is 0.267 e. The SMILES string of the molecule is CCc1ccc(-n2c(=O)c3ccccc3n3c(SCC(=O)NC)nnc23)cc1. The maximum atomic E-state index is 13.2. The van der Waals surface area contributed by atoms with Crippen LogP contribution in [0.5, 0.6) is 0 Å². The van der Waals surface area contributed by atoms with Crippen LogP contribution in [0.2, 0.25) is 0 Å². The number of aromatic nitrogens is 4. The van der Waals surface area contributed by atoms with Crippen LogP contribution in [0.1, 0.15) is 12.5 Å². The van der Waals surface area contributed by atoms with Gasteiger partial charge in [0.15, 0.2) is 5.16 Å². The molecule has 1 N–H and O–H groups in total. The Morgan fingerprint density at radius 2 is 1.86 bits per heavy atom. The van der Waals surface area contributed by atoms with E-state index in [-0.39, 0.29) is 17.2 Å². The Hall–Kier alpha value is -3.13. The molecule has 1 amide bonds. The highest BCUT2D eigenvalue weighted by molar-refractivity contribution is 7.99. The molecule has 0 aliphatic rings. The molecule has 0 aliphatic heterocycles. The summed E-state index contributed by atoms with van der Waals surface area (Å²) < 4.78 is 3.40. The zero-order chi connectivity index (χ0) is 19.7. The molecule has 2 heterocycles. The van der Waals surface area contributed by atoms with Crippen LogP contribution in [0.25, 0.3) is 22.4 Å². The van der Waals surface area contributed by atoms with Gasteiger partial charge in [0.1, 0.15) is 0 Å². The molecule has 8 heteroatoms. The van der Waals surface area contributed by atoms with Gasteiger partial charge in [0.25, 0.3) is 5.56 Å². The zero-order valence-corrected chi connectivity index (χ0v) is 16.4. The van der Waals surface area contributed by atoms with E-state index in [2.05, 4.69) is 22.4 Å². The molecule has 0 spiro atoms. The van der Waals surface area contributed by atoms with Crippen molar-refractivity contribution in [3.05, 3.63) is 64.4 Å². The van der Waals surface area contributed by atoms with E-state index in [1.165, 1.54) is 17.3 Å². The number of hydrogen-bond donors (Lipinski definition) is 1. The Kier molecular flexibility index (Phi) is 4.87. The van der Waals surface area contributed by atoms with Crippen molar-refractivity contribution in [1.82, 2.24) is 24.5 Å². The molecule has 0 saturated carbocycles. The van der Waals surface area contributed by atoms with Crippen molar-refractivity contribution in [2.45, 2.75) is 18.5 Å². The van der Waals surface area contributed by atoms with Crippen molar-refractivity contribution in [3.63, 3.8) is 0 Å². The molecule has 2 aromatic carbocycles. The van der Waals surface area contributed by atoms with Crippen LogP contribution in [0.15, 0.2) is 58.5 Å². The Balaban J connectivity index is 1.98. The van der Waals surface area contributed by atoms with E-state index in [1.54, 1.807) is 17.7 Å². The van der Waals surface area contributed by atoms with Gasteiger partial charge in [-0.2, -0.15) is 0 Å². The first-order valence-electron chi connectivity index (χ1n) is 8.95. The summed E-state index contributed by atoms with van der Waals surface area (Å²) in [5, 5.41) is 12.3. The van der Waals surface area contributed by atoms with E-state index >= 15 is 0 Å². The summed E-state index contributed by atoms with van der Waals surface area (Å²) in [6.07, 6.45) is 0.924. The maximum absolute atomic E-state index is 13.2. The van der Waals surface area contributed by atoms with E-state index in [4.69, 9.17) is 0 Å². The van der Waals surface area contributed by atoms with Gasteiger partial charge in [-0.15, -0.1) is 10.2 Å². The smallest absolute Gasteiger partial charge is 0.267 e. The van der Waals surface area contributed by atoms with Crippen LogP contribution in [-0.4, -0.2) is 37.9 Å². The number of para-hydroxylation sites is 1. The minimum atomic E-state index is -0.150. The van der Waals surface area contributed by atoms with E-state index in [1.807, 2.05) is 46.9 Å². The number of nitrogens with one attached hydrogen (secondary N) is 1. The van der Waals surface area contributed by atoms with E-state index in [0.29, 0.717) is 21.8 Å². The fourth-order valence-electron chi connectivity index (χ4n) is 3.09. The number of thioether (sulfide) groups is 1. The Labute approximate surface area is 165 Å². The molecular weight excluding hydrogens is 374 g/mol. The molecule has 7 nitrogen and oxygen atoms in total. The molecule has 0 radical (unpaired) electrons. The van der Waals surface area contributed by atoms with Gasteiger partial charge in [-0.05, 0) is 36.2 Å². The number of fused-ring (bicyclic) bond motifs is 3. The van der Waals surface area contributed by atoms with Gasteiger partial charge < -0.3 is 5.32 Å². The van der Waals surface area contributed by atoms with E-state index in [0.717, 1.165) is 12.1 Å². The Bertz CT molecular complexity index is 1230. The summed E-state index contributed by atoms with van der Waals surface area (Å²) in [7, 11) is 1.60. The van der Waals surface area contributed by atoms with Crippen LogP contribution in [-0.2, 0) is 11.2 Å². The quantitative estimate of drug-likeness (QED) is 0.527. The third-order valence-corrected chi connectivity index (χ3v) is 5.54. The molecule has 0 saturated heterocycles. The molecule has 142 valence electrons. The second-order valence-electron chi connectivity index (χ2n) is 6.26. The number of hydrogen-bond acceptors (Lipinski definition) is 5. The lowest BCUT2D eigenvalue weighted by Gasteiger charge is -2.11. The summed E-state index contributed by atoms with van der Waals surface area (Å²) in [4.78, 5) is 24.9. The lowest BCUT2D eigenvalue weighted by molar-refractivity contribution is -0.118. The lowest BCUT2D eigenvalue weighted by atomic mass is 10.1. The Morgan fingerprint density at radius 3 is 2.57 bits per heavy atom. The average molecular weight is 393 g/mol. The molecule has 0 aliphatic carbocycles. The second kappa shape index (κ2) is 7.47. The predicted molar refractivity (Wildman–Crippen MR) is 110 cm³/mol. The number of carbonyl (C=O) groups is 1. The second-order valence-corrected chi connectivity index (χ2v) is 7.20. The predicted octanol–water partition coefficient (Wildman–Crippen LogP) is 2.43. The topological polar surface area (TPSA) is 81.3 Å². The normalized spacial score (nSPS) is 11.2. The van der Waals surface area contributed by atoms with Gasteiger partial charge >= 0.3 is 0 Å². The van der Waals surface area contributed by atoms with Gasteiger partial charge in [-0.25, -0.2) is 4.57 Å². The molecule has 4 aromatic rings. The van der Waals surface area contributed by atoms with Crippen molar-refractivity contribution in [2.24, 2.45) is 0 Å². The summed E-state index contributed by atoms with van der Waals surface area (Å²) >= 11 is 1.28. The number of aryl methyl sites for hydroxylation is 1. The Morgan fingerprint density at radius 1 is 1.11 bits per heavy atom. The van der Waals surface area contributed by atoms with Crippen LogP contribution in [0.3, 0.4) is 0 Å². The number of nitrogens with zero attached hydrogens (tertiary/aromatic N) is 4. The largest absolute Gasteiger partial charge is 0.358 e. The van der Waals surface area contributed by atoms with Crippen molar-refractivity contribution in [1.29, 1.82) is 0 Å². The van der Waals surface area contributed by atoms with Gasteiger partial charge in [0, 0.05) is 7.05 Å². The summed E-state index contributed by atoms with van der Waals surface area (Å²) in [5.74, 6) is 0.539. The van der Waals surface area contributed by atoms with Crippen molar-refractivity contribution >= 4 is 34.3 Å². The number of carbonyl (C=O) groups excluding carboxylic acids is 1. The highest BCUT2D eigenvalue weighted by Gasteiger charge is 2.18. The fraction of sp³-hybridized carbons (Fsp3) is 0.200. The van der Waals surface area contributed by atoms with Gasteiger partial charge in [-0.1, -0.05) is 43.0 Å². The molecule has 0 atom stereocenters. The average Bonchev–Trinajstić information content (AvgIpc) is 3.16. The number of rotatable bonds is 5. The third-order valence-electron chi connectivity index (χ3n) is 4.61. The standard InChI is InChI=1S/C20H19N5O2S/c1-3-13-8-10-14(11-9-13)24-18(27)15-6-4-5-7-16(15)25-19(24)22-23-20(25)28-12-17(26)21-2/h4-11H,3,12H2,1-2H3,(H,21,26). The number of benzene rings is 2. The van der Waals surface area contributed by atoms with Gasteiger partial charge in [0.05, 0.1) is 22.3 Å². The van der Waals surface area contributed by atoms with Gasteiger partial charge in [-0.3, -0.25) is 14.0 Å². The van der Waals surface area contributed by atoms with E-state index < -0.39 is 0 Å². The van der Waals surface area contributed by atoms with Crippen molar-refractivity contribution in [3.8, 4) is 5.69 Å². The van der Waals surface area contributed by atoms with E-state index in [9.17, 15) is 9.59 Å². The molecule has 0 fully saturated rings. The first-order chi connectivity index (χ1) is 13.6. The first-order valence-corrected chi connectivity index (χ1v) is 9.94. The van der Waals surface area contributed by atoms with Crippen LogP contribution in [0.4, 0.5) is 0 Å². The minimum Gasteiger partial charge on any atom is -0.358 e. The van der Waals surface area contributed by atoms with Crippen molar-refractivity contribution in [2.75, 3.05) is 12.8 Å². The minimum absolute atomic E-state index is 0.102. The first kappa shape index (κ1) is 18.2. The fourth-order valence-corrected chi connectivity index (χ4v) is 3.90. The molecule has 0 bridgehead atoms. The number of amides is 1. The van der Waals surface area contributed by atoms with Crippen LogP contribution < -0.4 is 10.9 Å². The summed E-state index contributed by atoms with van der Waals surface area (Å²) in [5.41, 5.74) is 2.49. The summed E-state index contributed by atoms with van der Waals surface area (Å²) in [6, 6.07) is 15.2. The zero-order valence-electron chi connectivity index (χ0n) is 15.5. The van der Waals surface area contributed by atoms with Gasteiger partial charge in [0.2, 0.25) is 11.7 Å². The van der Waals surface area contributed by atoms with Crippen LogP contribution in [0, 0.1) is 0 Å². The van der Waals surface area contributed by atoms with Crippen LogP contribution >= 0.6 is 11.8 Å². The highest BCUT2D eigenvalue weighted by Crippen LogP contribution is 2.23. The molecule has 28 heavy (non-hydrogen) atoms. The van der Waals surface area contributed by atoms with Crippen molar-refractivity contribution < 1.29 is 4.79 Å². The molecular formula is C20H19N5O2S. The molecule has 4 rings (SSSR count). The monoisotopic (exact) mass is 393 g/mol. The third kappa shape index (κ3) is 3.05. The highest BCUT2D eigenvalue weighted by atomic mass is 32.2.